The van der Waals surface area contributed by atoms with Gasteiger partial charge in [0.05, 0.1) is 10.8 Å². The highest BCUT2D eigenvalue weighted by Crippen LogP contribution is 2.68. The highest BCUT2D eigenvalue weighted by atomic mass is 79.9. The molecular formula is C94H58BBrO2. The summed E-state index contributed by atoms with van der Waals surface area (Å²) in [6.07, 6.45) is 0. The van der Waals surface area contributed by atoms with Crippen molar-refractivity contribution in [2.75, 3.05) is 0 Å². The van der Waals surface area contributed by atoms with Gasteiger partial charge in [0.25, 0.3) is 0 Å². The van der Waals surface area contributed by atoms with Crippen LogP contribution in [0.3, 0.4) is 0 Å². The van der Waals surface area contributed by atoms with Crippen molar-refractivity contribution in [2.45, 2.75) is 10.8 Å². The second-order valence-electron chi connectivity index (χ2n) is 26.7. The number of halogens is 1. The summed E-state index contributed by atoms with van der Waals surface area (Å²) in [5.41, 5.74) is 39.7. The molecule has 0 amide bonds. The van der Waals surface area contributed by atoms with Crippen molar-refractivity contribution in [1.82, 2.24) is 0 Å². The first kappa shape index (κ1) is 56.8. The molecule has 2 atom stereocenters. The zero-order valence-electron chi connectivity index (χ0n) is 53.2. The van der Waals surface area contributed by atoms with E-state index in [0.29, 0.717) is 5.46 Å². The fourth-order valence-corrected chi connectivity index (χ4v) is 18.5. The van der Waals surface area contributed by atoms with Gasteiger partial charge in [0.2, 0.25) is 0 Å². The first-order valence-corrected chi connectivity index (χ1v) is 34.6. The van der Waals surface area contributed by atoms with Crippen molar-refractivity contribution < 1.29 is 10.0 Å². The number of hydrogen-bond donors (Lipinski definition) is 2. The van der Waals surface area contributed by atoms with Crippen molar-refractivity contribution in [1.29, 1.82) is 0 Å². The molecule has 0 saturated heterocycles. The summed E-state index contributed by atoms with van der Waals surface area (Å²) in [6.45, 7) is 0. The lowest BCUT2D eigenvalue weighted by Gasteiger charge is -2.31. The van der Waals surface area contributed by atoms with E-state index in [1.165, 1.54) is 177 Å². The van der Waals surface area contributed by atoms with Gasteiger partial charge in [-0.3, -0.25) is 0 Å². The van der Waals surface area contributed by atoms with E-state index in [2.05, 4.69) is 301 Å². The Bertz CT molecular complexity index is 6030. The maximum atomic E-state index is 8.94. The number of benzene rings is 16. The summed E-state index contributed by atoms with van der Waals surface area (Å²) in [7, 11) is -1.39. The van der Waals surface area contributed by atoms with E-state index in [9.17, 15) is 0 Å². The number of fused-ring (bicyclic) bond motifs is 28. The van der Waals surface area contributed by atoms with Gasteiger partial charge in [-0.25, -0.2) is 0 Å². The lowest BCUT2D eigenvalue weighted by molar-refractivity contribution is 0.426. The summed E-state index contributed by atoms with van der Waals surface area (Å²) in [5.74, 6) is 0. The zero-order chi connectivity index (χ0) is 65.0. The van der Waals surface area contributed by atoms with Crippen LogP contribution in [0.15, 0.2) is 344 Å². The van der Waals surface area contributed by atoms with Gasteiger partial charge in [-0.1, -0.05) is 325 Å². The van der Waals surface area contributed by atoms with E-state index in [4.69, 9.17) is 10.0 Å². The van der Waals surface area contributed by atoms with Crippen LogP contribution in [0.4, 0.5) is 0 Å². The highest BCUT2D eigenvalue weighted by molar-refractivity contribution is 9.10. The third-order valence-electron chi connectivity index (χ3n) is 22.0. The molecule has 456 valence electrons. The molecule has 6 aliphatic rings. The molecule has 22 rings (SSSR count). The Morgan fingerprint density at radius 2 is 0.531 bits per heavy atom. The smallest absolute Gasteiger partial charge is 0.423 e. The van der Waals surface area contributed by atoms with Gasteiger partial charge in [0, 0.05) is 4.47 Å². The van der Waals surface area contributed by atoms with Crippen LogP contribution < -0.4 is 5.46 Å². The lowest BCUT2D eigenvalue weighted by Crippen LogP contribution is -2.29. The minimum absolute atomic E-state index is 0.333. The Hall–Kier alpha value is -11.5. The quantitative estimate of drug-likeness (QED) is 0.172. The van der Waals surface area contributed by atoms with Gasteiger partial charge in [-0.05, 0) is 224 Å². The van der Waals surface area contributed by atoms with E-state index in [1.54, 1.807) is 12.1 Å². The average molecular weight is 1310 g/mol. The first-order valence-electron chi connectivity index (χ1n) is 33.8. The Morgan fingerprint density at radius 1 is 0.214 bits per heavy atom. The molecular weight excluding hydrogens is 1250 g/mol. The van der Waals surface area contributed by atoms with Crippen molar-refractivity contribution in [3.63, 3.8) is 0 Å². The van der Waals surface area contributed by atoms with Crippen LogP contribution in [0.1, 0.15) is 44.5 Å². The normalized spacial score (nSPS) is 15.4. The molecule has 16 aromatic rings. The molecule has 0 aliphatic heterocycles. The first-order chi connectivity index (χ1) is 48.4. The van der Waals surface area contributed by atoms with Crippen LogP contribution in [0.2, 0.25) is 0 Å². The summed E-state index contributed by atoms with van der Waals surface area (Å²) in [4.78, 5) is 0. The summed E-state index contributed by atoms with van der Waals surface area (Å²) in [5, 5.41) is 23.4. The molecule has 2 unspecified atom stereocenters. The van der Waals surface area contributed by atoms with Gasteiger partial charge in [-0.15, -0.1) is 0 Å². The SMILES string of the molecule is Brc1ccc2c(c1)C1(c3ccccc3-2)c2ccccc2-c2c1cc1c3c(cccc23)-c2ccccc2-1.OB(O)c1ccc(-c2ccccc2)cc1.c1ccc(-c2ccc(-c3ccc4c(c3)C3(c5ccccc5-4)c4ccccc4-c4c3cc3c5c(cccc45)-c4ccccc4-3)cc2)cc1. The van der Waals surface area contributed by atoms with E-state index in [0.717, 1.165) is 15.6 Å². The topological polar surface area (TPSA) is 40.5 Å². The Morgan fingerprint density at radius 3 is 0.980 bits per heavy atom. The predicted molar refractivity (Wildman–Crippen MR) is 410 cm³/mol. The minimum Gasteiger partial charge on any atom is -0.423 e. The van der Waals surface area contributed by atoms with Crippen LogP contribution in [-0.2, 0) is 10.8 Å². The third kappa shape index (κ3) is 7.94. The molecule has 2 N–H and O–H groups in total. The lowest BCUT2D eigenvalue weighted by atomic mass is 9.69. The molecule has 2 spiro atoms. The van der Waals surface area contributed by atoms with E-state index in [-0.39, 0.29) is 5.41 Å². The maximum Gasteiger partial charge on any atom is 0.488 e. The van der Waals surface area contributed by atoms with Crippen molar-refractivity contribution in [3.8, 4) is 122 Å². The van der Waals surface area contributed by atoms with Crippen molar-refractivity contribution >= 4 is 50.1 Å². The molecule has 98 heavy (non-hydrogen) atoms. The van der Waals surface area contributed by atoms with Crippen LogP contribution in [-0.4, -0.2) is 17.2 Å². The van der Waals surface area contributed by atoms with Gasteiger partial charge < -0.3 is 10.0 Å². The van der Waals surface area contributed by atoms with E-state index in [1.807, 2.05) is 42.5 Å². The zero-order valence-corrected chi connectivity index (χ0v) is 54.8. The van der Waals surface area contributed by atoms with Crippen molar-refractivity contribution in [2.24, 2.45) is 0 Å². The molecule has 4 heteroatoms. The minimum atomic E-state index is -1.39. The summed E-state index contributed by atoms with van der Waals surface area (Å²) >= 11 is 3.82. The molecule has 0 heterocycles. The van der Waals surface area contributed by atoms with Gasteiger partial charge in [0.15, 0.2) is 0 Å². The molecule has 0 bridgehead atoms. The van der Waals surface area contributed by atoms with E-state index < -0.39 is 12.5 Å². The highest BCUT2D eigenvalue weighted by Gasteiger charge is 2.54. The second kappa shape index (κ2) is 21.8. The van der Waals surface area contributed by atoms with Crippen LogP contribution >= 0.6 is 15.9 Å². The van der Waals surface area contributed by atoms with Gasteiger partial charge in [0.1, 0.15) is 0 Å². The molecule has 2 nitrogen and oxygen atoms in total. The van der Waals surface area contributed by atoms with Crippen LogP contribution in [0.5, 0.6) is 0 Å². The van der Waals surface area contributed by atoms with Gasteiger partial charge >= 0.3 is 7.12 Å². The average Bonchev–Trinajstić information content (AvgIpc) is 1.50. The Kier molecular flexibility index (Phi) is 12.6. The Labute approximate surface area is 578 Å². The number of hydrogen-bond acceptors (Lipinski definition) is 2. The predicted octanol–water partition coefficient (Wildman–Crippen LogP) is 22.8. The standard InChI is InChI=1S/C47H28.C35H19Br.C12H11BO2/c1-2-11-29(12-3-1)30-21-23-31(24-22-30)32-25-26-36-35-15-6-8-19-41(35)47(43(36)27-32)42-20-9-7-16-38(42)46-39-18-10-17-37-33-13-4-5-14-34(33)40(45(37)39)28-44(46)47;36-20-16-17-24-23-10-3-5-14-29(23)35(31(24)18-20)30-15-6-4-11-26(30)34-27-13-7-12-25-21-8-1-2-9-22(21)28(33(25)27)19-32(34)35;14-13(15)12-8-6-11(7-9-12)10-4-2-1-3-5-10/h1-28H;1-19H;1-9,14-15H. The van der Waals surface area contributed by atoms with Crippen molar-refractivity contribution in [3.05, 3.63) is 389 Å². The number of rotatable bonds is 4. The fraction of sp³-hybridized carbons (Fsp3) is 0.0213. The summed E-state index contributed by atoms with van der Waals surface area (Å²) < 4.78 is 1.12. The third-order valence-corrected chi connectivity index (χ3v) is 22.5. The van der Waals surface area contributed by atoms with Crippen LogP contribution in [0, 0.1) is 0 Å². The summed E-state index contributed by atoms with van der Waals surface area (Å²) in [6, 6.07) is 124. The van der Waals surface area contributed by atoms with E-state index >= 15 is 0 Å². The Balaban J connectivity index is 0.000000113. The molecule has 16 aromatic carbocycles. The molecule has 0 saturated carbocycles. The molecule has 0 fully saturated rings. The molecule has 0 radical (unpaired) electrons. The maximum absolute atomic E-state index is 8.94. The largest absolute Gasteiger partial charge is 0.488 e. The van der Waals surface area contributed by atoms with Crippen LogP contribution in [0.25, 0.3) is 144 Å². The molecule has 6 aliphatic carbocycles. The fourth-order valence-electron chi connectivity index (χ4n) is 18.1. The molecule has 0 aromatic heterocycles. The second-order valence-corrected chi connectivity index (χ2v) is 27.6. The van der Waals surface area contributed by atoms with Gasteiger partial charge in [-0.2, -0.15) is 0 Å². The monoisotopic (exact) mass is 1310 g/mol.